The summed E-state index contributed by atoms with van der Waals surface area (Å²) in [6.45, 7) is 6.76. The Bertz CT molecular complexity index is 26.7. The molecule has 0 unspecified atom stereocenters. The van der Waals surface area contributed by atoms with Gasteiger partial charge in [0.25, 0.3) is 0 Å². The van der Waals surface area contributed by atoms with Crippen LogP contribution in [0.5, 0.6) is 0 Å². The van der Waals surface area contributed by atoms with Gasteiger partial charge in [0.05, 0.1) is 0 Å². The van der Waals surface area contributed by atoms with Crippen molar-refractivity contribution in [3.63, 3.8) is 0 Å². The van der Waals surface area contributed by atoms with E-state index in [1.54, 1.807) is 0 Å². The molecule has 0 bridgehead atoms. The predicted octanol–water partition coefficient (Wildman–Crippen LogP) is 0.412. The van der Waals surface area contributed by atoms with Crippen molar-refractivity contribution in [3.05, 3.63) is 0 Å². The molecule has 35 valence electrons. The first-order valence-corrected chi connectivity index (χ1v) is 3.55. The van der Waals surface area contributed by atoms with Crippen LogP contribution in [0.15, 0.2) is 0 Å². The summed E-state index contributed by atoms with van der Waals surface area (Å²) in [7, 11) is 0. The van der Waals surface area contributed by atoms with Crippen LogP contribution >= 0.6 is 0 Å². The molecule has 0 aromatic heterocycles. The first kappa shape index (κ1) is 6.76. The number of rotatable bonds is 2. The maximum atomic E-state index is 2.34. The molecule has 0 aliphatic rings. The molecular formula is C4H10NSn. The predicted molar refractivity (Wildman–Crippen MR) is 28.7 cm³/mol. The monoisotopic (exact) mass is 192 g/mol. The molecule has 0 N–H and O–H groups in total. The Kier molecular flexibility index (Phi) is 4.43. The van der Waals surface area contributed by atoms with E-state index < -0.39 is 0 Å². The van der Waals surface area contributed by atoms with Crippen molar-refractivity contribution in [2.24, 2.45) is 0 Å². The van der Waals surface area contributed by atoms with Crippen molar-refractivity contribution in [2.75, 3.05) is 13.1 Å². The van der Waals surface area contributed by atoms with Gasteiger partial charge in [-0.2, -0.15) is 0 Å². The van der Waals surface area contributed by atoms with Crippen LogP contribution in [0.2, 0.25) is 0 Å². The number of nitrogens with zero attached hydrogens (tertiary/aromatic N) is 1. The van der Waals surface area contributed by atoms with E-state index >= 15 is 0 Å². The van der Waals surface area contributed by atoms with Gasteiger partial charge in [-0.15, -0.1) is 0 Å². The molecule has 3 radical (unpaired) electrons. The van der Waals surface area contributed by atoms with Crippen molar-refractivity contribution >= 4 is 22.8 Å². The second kappa shape index (κ2) is 3.93. The quantitative estimate of drug-likeness (QED) is 0.571. The fraction of sp³-hybridized carbons (Fsp3) is 1.00. The van der Waals surface area contributed by atoms with E-state index in [1.807, 2.05) is 0 Å². The number of hydrogen-bond acceptors (Lipinski definition) is 1. The molecule has 0 saturated heterocycles. The summed E-state index contributed by atoms with van der Waals surface area (Å²) in [5, 5.41) is 0. The van der Waals surface area contributed by atoms with E-state index in [2.05, 4.69) is 17.0 Å². The minimum absolute atomic E-state index is 1.20. The van der Waals surface area contributed by atoms with Crippen LogP contribution in [0.4, 0.5) is 0 Å². The molecule has 1 nitrogen and oxygen atoms in total. The molecule has 0 rings (SSSR count). The van der Waals surface area contributed by atoms with Gasteiger partial charge >= 0.3 is 52.9 Å². The Hall–Kier alpha value is 0.759. The zero-order valence-electron chi connectivity index (χ0n) is 4.36. The van der Waals surface area contributed by atoms with Crippen LogP contribution in [0, 0.1) is 0 Å². The third kappa shape index (κ3) is 2.97. The Morgan fingerprint density at radius 2 is 1.67 bits per heavy atom. The van der Waals surface area contributed by atoms with Crippen molar-refractivity contribution < 1.29 is 0 Å². The van der Waals surface area contributed by atoms with Gasteiger partial charge in [-0.25, -0.2) is 0 Å². The first-order valence-electron chi connectivity index (χ1n) is 2.27. The molecule has 0 amide bonds. The van der Waals surface area contributed by atoms with Crippen LogP contribution in [0.3, 0.4) is 0 Å². The summed E-state index contributed by atoms with van der Waals surface area (Å²) in [6, 6.07) is 0. The second-order valence-electron chi connectivity index (χ2n) is 1.17. The Morgan fingerprint density at radius 1 is 1.33 bits per heavy atom. The van der Waals surface area contributed by atoms with Gasteiger partial charge in [-0.05, 0) is 0 Å². The average molecular weight is 191 g/mol. The van der Waals surface area contributed by atoms with E-state index in [-0.39, 0.29) is 0 Å². The summed E-state index contributed by atoms with van der Waals surface area (Å²) in [5.74, 6) is 0. The van der Waals surface area contributed by atoms with Gasteiger partial charge in [0.2, 0.25) is 0 Å². The summed E-state index contributed by atoms with van der Waals surface area (Å²) >= 11 is 1.54. The molecule has 0 fully saturated rings. The molecule has 2 heteroatoms. The van der Waals surface area contributed by atoms with Gasteiger partial charge in [0.15, 0.2) is 0 Å². The molecule has 0 saturated carbocycles. The van der Waals surface area contributed by atoms with Gasteiger partial charge in [-0.1, -0.05) is 0 Å². The third-order valence-corrected chi connectivity index (χ3v) is 2.57. The molecule has 0 heterocycles. The van der Waals surface area contributed by atoms with Crippen LogP contribution < -0.4 is 0 Å². The molecule has 0 aromatic carbocycles. The van der Waals surface area contributed by atoms with E-state index in [0.717, 1.165) is 0 Å². The summed E-state index contributed by atoms with van der Waals surface area (Å²) in [5.41, 5.74) is 0. The maximum absolute atomic E-state index is 2.34. The van der Waals surface area contributed by atoms with Crippen LogP contribution in [-0.4, -0.2) is 39.0 Å². The third-order valence-electron chi connectivity index (χ3n) is 0.763. The van der Waals surface area contributed by atoms with E-state index in [4.69, 9.17) is 0 Å². The minimum atomic E-state index is 1.20. The zero-order chi connectivity index (χ0) is 4.99. The Labute approximate surface area is 53.2 Å². The molecule has 0 aromatic rings. The van der Waals surface area contributed by atoms with E-state index in [0.29, 0.717) is 0 Å². The van der Waals surface area contributed by atoms with Crippen LogP contribution in [0.1, 0.15) is 13.8 Å². The van der Waals surface area contributed by atoms with Gasteiger partial charge in [0, 0.05) is 0 Å². The van der Waals surface area contributed by atoms with E-state index in [9.17, 15) is 0 Å². The first-order chi connectivity index (χ1) is 2.81. The van der Waals surface area contributed by atoms with Gasteiger partial charge in [0.1, 0.15) is 0 Å². The summed E-state index contributed by atoms with van der Waals surface area (Å²) in [6.07, 6.45) is 0. The van der Waals surface area contributed by atoms with E-state index in [1.165, 1.54) is 35.9 Å². The summed E-state index contributed by atoms with van der Waals surface area (Å²) < 4.78 is 2.34. The van der Waals surface area contributed by atoms with Gasteiger partial charge in [-0.3, -0.25) is 0 Å². The van der Waals surface area contributed by atoms with Crippen molar-refractivity contribution in [1.82, 2.24) is 3.12 Å². The molecule has 0 atom stereocenters. The Balaban J connectivity index is 2.75. The van der Waals surface area contributed by atoms with Crippen molar-refractivity contribution in [2.45, 2.75) is 13.8 Å². The SMILES string of the molecule is CC[N]([Sn])CC. The second-order valence-corrected chi connectivity index (χ2v) is 2.98. The Morgan fingerprint density at radius 3 is 1.67 bits per heavy atom. The average Bonchev–Trinajstić information content (AvgIpc) is 1.65. The van der Waals surface area contributed by atoms with Crippen molar-refractivity contribution in [1.29, 1.82) is 0 Å². The fourth-order valence-corrected chi connectivity index (χ4v) is 0.224. The zero-order valence-corrected chi connectivity index (χ0v) is 7.22. The number of hydrogen-bond donors (Lipinski definition) is 0. The molecule has 0 aliphatic heterocycles. The van der Waals surface area contributed by atoms with Crippen LogP contribution in [0.25, 0.3) is 0 Å². The molecule has 0 aliphatic carbocycles. The molecule has 6 heavy (non-hydrogen) atoms. The standard InChI is InChI=1S/C4H10N.Sn/c1-3-5-4-2;/h3-4H2,1-2H3;/q-1;+1. The van der Waals surface area contributed by atoms with Crippen molar-refractivity contribution in [3.8, 4) is 0 Å². The topological polar surface area (TPSA) is 3.24 Å². The summed E-state index contributed by atoms with van der Waals surface area (Å²) in [4.78, 5) is 0. The van der Waals surface area contributed by atoms with Crippen LogP contribution in [-0.2, 0) is 0 Å². The normalized spacial score (nSPS) is 10.0. The molecular weight excluding hydrogens is 181 g/mol. The van der Waals surface area contributed by atoms with Gasteiger partial charge < -0.3 is 0 Å². The molecule has 0 spiro atoms. The fourth-order valence-electron chi connectivity index (χ4n) is 0.224.